The van der Waals surface area contributed by atoms with Crippen LogP contribution in [0.5, 0.6) is 17.2 Å². The molecule has 200 valence electrons. The van der Waals surface area contributed by atoms with Gasteiger partial charge in [-0.3, -0.25) is 0 Å². The maximum Gasteiger partial charge on any atom is 0.343 e. The summed E-state index contributed by atoms with van der Waals surface area (Å²) in [4.78, 5) is 12.6. The summed E-state index contributed by atoms with van der Waals surface area (Å²) in [5, 5.41) is 2.07. The van der Waals surface area contributed by atoms with E-state index in [0.717, 1.165) is 41.7 Å². The topological polar surface area (TPSA) is 44.8 Å². The minimum Gasteiger partial charge on any atom is -0.494 e. The predicted octanol–water partition coefficient (Wildman–Crippen LogP) is 9.54. The van der Waals surface area contributed by atoms with E-state index in [0.29, 0.717) is 17.9 Å². The van der Waals surface area contributed by atoms with Gasteiger partial charge in [0.1, 0.15) is 17.2 Å². The maximum atomic E-state index is 12.6. The first kappa shape index (κ1) is 28.6. The summed E-state index contributed by atoms with van der Waals surface area (Å²) < 4.78 is 17.4. The molecule has 3 rings (SSSR count). The van der Waals surface area contributed by atoms with E-state index in [2.05, 4.69) is 13.8 Å². The molecular formula is C33H44O4. The van der Waals surface area contributed by atoms with Gasteiger partial charge in [-0.1, -0.05) is 90.2 Å². The van der Waals surface area contributed by atoms with Gasteiger partial charge >= 0.3 is 5.97 Å². The van der Waals surface area contributed by atoms with Crippen LogP contribution in [-0.2, 0) is 0 Å². The number of hydrogen-bond donors (Lipinski definition) is 0. The van der Waals surface area contributed by atoms with Crippen LogP contribution >= 0.6 is 0 Å². The van der Waals surface area contributed by atoms with Gasteiger partial charge in [0.25, 0.3) is 0 Å². The van der Waals surface area contributed by atoms with Gasteiger partial charge in [-0.2, -0.15) is 0 Å². The standard InChI is InChI=1S/C33H44O4/c1-3-5-7-9-11-13-23-35-30-19-15-27(16-20-30)33(34)37-32-22-18-28-25-31(21-17-29(28)26-32)36-24-14-12-10-8-6-4-2/h15-22,25-26H,3-14,23-24H2,1-2H3. The Balaban J connectivity index is 1.43. The number of carbonyl (C=O) groups is 1. The van der Waals surface area contributed by atoms with E-state index in [1.165, 1.54) is 64.2 Å². The minimum atomic E-state index is -0.374. The maximum absolute atomic E-state index is 12.6. The van der Waals surface area contributed by atoms with E-state index in [-0.39, 0.29) is 5.97 Å². The summed E-state index contributed by atoms with van der Waals surface area (Å²) >= 11 is 0. The van der Waals surface area contributed by atoms with Crippen LogP contribution in [0.25, 0.3) is 10.8 Å². The highest BCUT2D eigenvalue weighted by Gasteiger charge is 2.10. The fourth-order valence-corrected chi connectivity index (χ4v) is 4.35. The number of carbonyl (C=O) groups excluding carboxylic acids is 1. The Morgan fingerprint density at radius 2 is 1.00 bits per heavy atom. The molecule has 0 bridgehead atoms. The summed E-state index contributed by atoms with van der Waals surface area (Å²) in [5.41, 5.74) is 0.505. The molecule has 0 amide bonds. The SMILES string of the molecule is CCCCCCCCOc1ccc(C(=O)Oc2ccc3cc(OCCCCCCCC)ccc3c2)cc1. The first-order chi connectivity index (χ1) is 18.2. The molecule has 0 fully saturated rings. The van der Waals surface area contributed by atoms with Gasteiger partial charge in [-0.25, -0.2) is 4.79 Å². The highest BCUT2D eigenvalue weighted by Crippen LogP contribution is 2.26. The molecule has 0 aliphatic rings. The van der Waals surface area contributed by atoms with E-state index in [1.807, 2.05) is 48.5 Å². The Labute approximate surface area is 223 Å². The number of fused-ring (bicyclic) bond motifs is 1. The number of unbranched alkanes of at least 4 members (excludes halogenated alkanes) is 10. The summed E-state index contributed by atoms with van der Waals surface area (Å²) in [5.74, 6) is 1.82. The summed E-state index contributed by atoms with van der Waals surface area (Å²) in [6, 6.07) is 18.9. The van der Waals surface area contributed by atoms with Gasteiger partial charge in [0, 0.05) is 0 Å². The molecule has 37 heavy (non-hydrogen) atoms. The lowest BCUT2D eigenvalue weighted by atomic mass is 10.1. The van der Waals surface area contributed by atoms with E-state index in [9.17, 15) is 4.79 Å². The Morgan fingerprint density at radius 1 is 0.541 bits per heavy atom. The molecule has 0 aromatic heterocycles. The van der Waals surface area contributed by atoms with Crippen LogP contribution in [0.2, 0.25) is 0 Å². The molecule has 0 saturated carbocycles. The number of esters is 1. The zero-order chi connectivity index (χ0) is 26.1. The van der Waals surface area contributed by atoms with Crippen molar-refractivity contribution in [3.63, 3.8) is 0 Å². The zero-order valence-corrected chi connectivity index (χ0v) is 22.8. The Morgan fingerprint density at radius 3 is 1.59 bits per heavy atom. The van der Waals surface area contributed by atoms with Crippen LogP contribution in [-0.4, -0.2) is 19.2 Å². The van der Waals surface area contributed by atoms with Crippen molar-refractivity contribution >= 4 is 16.7 Å². The predicted molar refractivity (Wildman–Crippen MR) is 153 cm³/mol. The highest BCUT2D eigenvalue weighted by molar-refractivity contribution is 5.92. The second-order valence-corrected chi connectivity index (χ2v) is 9.82. The summed E-state index contributed by atoms with van der Waals surface area (Å²) in [6.07, 6.45) is 14.9. The van der Waals surface area contributed by atoms with Gasteiger partial charge in [0.15, 0.2) is 0 Å². The fourth-order valence-electron chi connectivity index (χ4n) is 4.35. The van der Waals surface area contributed by atoms with E-state index >= 15 is 0 Å². The molecule has 0 unspecified atom stereocenters. The average molecular weight is 505 g/mol. The van der Waals surface area contributed by atoms with Crippen molar-refractivity contribution in [3.05, 3.63) is 66.2 Å². The molecule has 0 N–H and O–H groups in total. The second-order valence-electron chi connectivity index (χ2n) is 9.82. The number of ether oxygens (including phenoxy) is 3. The molecule has 3 aromatic rings. The summed E-state index contributed by atoms with van der Waals surface area (Å²) in [7, 11) is 0. The molecule has 4 nitrogen and oxygen atoms in total. The number of rotatable bonds is 18. The van der Waals surface area contributed by atoms with Crippen LogP contribution in [0.3, 0.4) is 0 Å². The largest absolute Gasteiger partial charge is 0.494 e. The van der Waals surface area contributed by atoms with Crippen molar-refractivity contribution < 1.29 is 19.0 Å². The summed E-state index contributed by atoms with van der Waals surface area (Å²) in [6.45, 7) is 5.92. The first-order valence-corrected chi connectivity index (χ1v) is 14.3. The lowest BCUT2D eigenvalue weighted by molar-refractivity contribution is 0.0735. The molecule has 0 heterocycles. The van der Waals surface area contributed by atoms with Crippen molar-refractivity contribution in [1.29, 1.82) is 0 Å². The van der Waals surface area contributed by atoms with E-state index in [1.54, 1.807) is 12.1 Å². The molecular weight excluding hydrogens is 460 g/mol. The Hall–Kier alpha value is -3.01. The average Bonchev–Trinajstić information content (AvgIpc) is 2.92. The minimum absolute atomic E-state index is 0.374. The number of hydrogen-bond acceptors (Lipinski definition) is 4. The van der Waals surface area contributed by atoms with Crippen molar-refractivity contribution in [3.8, 4) is 17.2 Å². The van der Waals surface area contributed by atoms with Crippen LogP contribution in [0.15, 0.2) is 60.7 Å². The van der Waals surface area contributed by atoms with Crippen molar-refractivity contribution in [2.24, 2.45) is 0 Å². The van der Waals surface area contributed by atoms with Crippen LogP contribution < -0.4 is 14.2 Å². The molecule has 3 aromatic carbocycles. The molecule has 0 radical (unpaired) electrons. The molecule has 0 aliphatic carbocycles. The van der Waals surface area contributed by atoms with Crippen LogP contribution in [0, 0.1) is 0 Å². The fraction of sp³-hybridized carbons (Fsp3) is 0.485. The smallest absolute Gasteiger partial charge is 0.343 e. The first-order valence-electron chi connectivity index (χ1n) is 14.3. The van der Waals surface area contributed by atoms with Gasteiger partial charge in [-0.15, -0.1) is 0 Å². The third kappa shape index (κ3) is 10.5. The van der Waals surface area contributed by atoms with Gasteiger partial charge in [0.05, 0.1) is 18.8 Å². The molecule has 0 saturated heterocycles. The lowest BCUT2D eigenvalue weighted by Gasteiger charge is -2.10. The van der Waals surface area contributed by atoms with Gasteiger partial charge in [0.2, 0.25) is 0 Å². The molecule has 4 heteroatoms. The lowest BCUT2D eigenvalue weighted by Crippen LogP contribution is -2.08. The van der Waals surface area contributed by atoms with Crippen molar-refractivity contribution in [1.82, 2.24) is 0 Å². The zero-order valence-electron chi connectivity index (χ0n) is 22.8. The second kappa shape index (κ2) is 16.7. The van der Waals surface area contributed by atoms with E-state index in [4.69, 9.17) is 14.2 Å². The van der Waals surface area contributed by atoms with E-state index < -0.39 is 0 Å². The third-order valence-corrected chi connectivity index (χ3v) is 6.62. The molecule has 0 spiro atoms. The van der Waals surface area contributed by atoms with Gasteiger partial charge in [-0.05, 0) is 72.1 Å². The highest BCUT2D eigenvalue weighted by atomic mass is 16.5. The quantitative estimate of drug-likeness (QED) is 0.0982. The van der Waals surface area contributed by atoms with Gasteiger partial charge < -0.3 is 14.2 Å². The third-order valence-electron chi connectivity index (χ3n) is 6.62. The van der Waals surface area contributed by atoms with Crippen LogP contribution in [0.1, 0.15) is 101 Å². The number of benzene rings is 3. The van der Waals surface area contributed by atoms with Crippen LogP contribution in [0.4, 0.5) is 0 Å². The van der Waals surface area contributed by atoms with Crippen molar-refractivity contribution in [2.45, 2.75) is 90.9 Å². The Kier molecular flexibility index (Phi) is 12.9. The molecule has 0 aliphatic heterocycles. The Bertz CT molecular complexity index is 1060. The monoisotopic (exact) mass is 504 g/mol. The van der Waals surface area contributed by atoms with Crippen molar-refractivity contribution in [2.75, 3.05) is 13.2 Å². The normalized spacial score (nSPS) is 11.0. The molecule has 0 atom stereocenters.